The summed E-state index contributed by atoms with van der Waals surface area (Å²) in [5.41, 5.74) is -5.23. The van der Waals surface area contributed by atoms with Gasteiger partial charge in [-0.3, -0.25) is 0 Å². The van der Waals surface area contributed by atoms with Crippen molar-refractivity contribution in [3.05, 3.63) is 33.4 Å². The lowest BCUT2D eigenvalue weighted by atomic mass is 10.1. The fraction of sp³-hybridized carbons (Fsp3) is 0.500. The van der Waals surface area contributed by atoms with Crippen molar-refractivity contribution in [3.8, 4) is 9.85 Å². The number of rotatable bonds is 8. The molecule has 0 saturated heterocycles. The van der Waals surface area contributed by atoms with Gasteiger partial charge in [-0.15, -0.1) is 0 Å². The number of unbranched alkanes of at least 4 members (excludes halogenated alkanes) is 6. The highest BCUT2D eigenvalue weighted by atomic mass is 127. The van der Waals surface area contributed by atoms with Crippen LogP contribution in [0.3, 0.4) is 0 Å². The first-order valence-electron chi connectivity index (χ1n) is 8.46. The van der Waals surface area contributed by atoms with Crippen LogP contribution in [0.15, 0.2) is 24.3 Å². The van der Waals surface area contributed by atoms with Gasteiger partial charge in [0.2, 0.25) is 3.57 Å². The maximum absolute atomic E-state index is 11.1. The van der Waals surface area contributed by atoms with Gasteiger partial charge < -0.3 is 9.66 Å². The molecule has 0 spiro atoms. The smallest absolute Gasteiger partial charge is 0.485 e. The van der Waals surface area contributed by atoms with Crippen molar-refractivity contribution < 1.29 is 57.2 Å². The molecule has 1 N–H and O–H groups in total. The number of aromatic carboxylic acids is 1. The summed E-state index contributed by atoms with van der Waals surface area (Å²) >= 11 is -0.503. The lowest BCUT2D eigenvalue weighted by molar-refractivity contribution is -0.535. The maximum Gasteiger partial charge on any atom is 0.485 e. The van der Waals surface area contributed by atoms with Crippen LogP contribution in [0.25, 0.3) is 0 Å². The first kappa shape index (κ1) is 26.7. The molecule has 1 rings (SSSR count). The van der Waals surface area contributed by atoms with Crippen LogP contribution >= 0.6 is 0 Å². The molecule has 0 fully saturated rings. The SMILES string of the molecule is CCCCCCCCC#C[I+]c1ccccc1C(=O)O.O=S(=O)([O-])C(F)(F)F. The van der Waals surface area contributed by atoms with Gasteiger partial charge >= 0.3 is 32.7 Å². The summed E-state index contributed by atoms with van der Waals surface area (Å²) in [6.07, 6.45) is 8.65. The number of carboxylic acid groups (broad SMARTS) is 1. The van der Waals surface area contributed by atoms with E-state index < -0.39 is 42.8 Å². The molecule has 5 nitrogen and oxygen atoms in total. The zero-order valence-corrected chi connectivity index (χ0v) is 18.2. The van der Waals surface area contributed by atoms with Crippen LogP contribution in [0.4, 0.5) is 13.2 Å². The summed E-state index contributed by atoms with van der Waals surface area (Å²) in [5, 5.41) is 9.08. The molecule has 0 heterocycles. The summed E-state index contributed by atoms with van der Waals surface area (Å²) in [6, 6.07) is 7.19. The molecule has 0 aromatic heterocycles. The topological polar surface area (TPSA) is 94.5 Å². The highest BCUT2D eigenvalue weighted by Gasteiger charge is 2.36. The Morgan fingerprint density at radius 2 is 1.68 bits per heavy atom. The van der Waals surface area contributed by atoms with Gasteiger partial charge in [-0.2, -0.15) is 13.2 Å². The normalized spacial score (nSPS) is 11.0. The van der Waals surface area contributed by atoms with E-state index in [2.05, 4.69) is 16.8 Å². The Hall–Kier alpha value is -1.32. The number of halogens is 4. The Kier molecular flexibility index (Phi) is 13.1. The molecule has 0 bridgehead atoms. The second-order valence-electron chi connectivity index (χ2n) is 5.57. The van der Waals surface area contributed by atoms with Gasteiger partial charge in [0.25, 0.3) is 0 Å². The fourth-order valence-electron chi connectivity index (χ4n) is 1.84. The summed E-state index contributed by atoms with van der Waals surface area (Å²) in [5.74, 6) is 2.35. The lowest BCUT2D eigenvalue weighted by Crippen LogP contribution is -3.59. The Morgan fingerprint density at radius 3 is 2.21 bits per heavy atom. The van der Waals surface area contributed by atoms with Gasteiger partial charge in [0.05, 0.1) is 0 Å². The molecule has 1 aromatic rings. The van der Waals surface area contributed by atoms with E-state index in [1.165, 1.54) is 38.5 Å². The van der Waals surface area contributed by atoms with Crippen molar-refractivity contribution in [1.82, 2.24) is 0 Å². The zero-order valence-electron chi connectivity index (χ0n) is 15.3. The molecule has 158 valence electrons. The van der Waals surface area contributed by atoms with E-state index in [1.807, 2.05) is 12.1 Å². The van der Waals surface area contributed by atoms with Crippen molar-refractivity contribution in [2.45, 2.75) is 57.4 Å². The summed E-state index contributed by atoms with van der Waals surface area (Å²) < 4.78 is 63.0. The number of alkyl halides is 3. The molecule has 0 unspecified atom stereocenters. The molecule has 0 aliphatic carbocycles. The Bertz CT molecular complexity index is 767. The number of carboxylic acids is 1. The van der Waals surface area contributed by atoms with E-state index >= 15 is 0 Å². The van der Waals surface area contributed by atoms with E-state index in [4.69, 9.17) is 18.1 Å². The van der Waals surface area contributed by atoms with Crippen LogP contribution in [-0.2, 0) is 10.1 Å². The third-order valence-electron chi connectivity index (χ3n) is 3.26. The highest BCUT2D eigenvalue weighted by Crippen LogP contribution is 2.20. The summed E-state index contributed by atoms with van der Waals surface area (Å²) in [7, 11) is -6.09. The third-order valence-corrected chi connectivity index (χ3v) is 6.00. The summed E-state index contributed by atoms with van der Waals surface area (Å²) in [6.45, 7) is 2.23. The van der Waals surface area contributed by atoms with Crippen LogP contribution < -0.4 is 21.2 Å². The molecular weight excluding hydrogens is 512 g/mol. The van der Waals surface area contributed by atoms with Crippen molar-refractivity contribution >= 4 is 16.1 Å². The van der Waals surface area contributed by atoms with Gasteiger partial charge in [0, 0.05) is 6.42 Å². The van der Waals surface area contributed by atoms with E-state index in [-0.39, 0.29) is 0 Å². The van der Waals surface area contributed by atoms with Gasteiger partial charge in [-0.05, 0) is 24.5 Å². The van der Waals surface area contributed by atoms with E-state index in [1.54, 1.807) is 12.1 Å². The predicted octanol–water partition coefficient (Wildman–Crippen LogP) is 1.41. The Labute approximate surface area is 173 Å². The number of hydrogen-bond donors (Lipinski definition) is 1. The number of hydrogen-bond acceptors (Lipinski definition) is 4. The minimum absolute atomic E-state index is 0.411. The number of benzene rings is 1. The molecule has 1 aromatic carbocycles. The Balaban J connectivity index is 0.000000769. The van der Waals surface area contributed by atoms with Gasteiger partial charge in [-0.25, -0.2) is 13.2 Å². The second kappa shape index (κ2) is 13.8. The monoisotopic (exact) mass is 534 g/mol. The zero-order chi connectivity index (χ0) is 21.6. The van der Waals surface area contributed by atoms with E-state index in [9.17, 15) is 18.0 Å². The second-order valence-corrected chi connectivity index (χ2v) is 9.18. The molecule has 0 aliphatic rings. The van der Waals surface area contributed by atoms with Crippen LogP contribution in [-0.4, -0.2) is 29.6 Å². The molecule has 28 heavy (non-hydrogen) atoms. The maximum atomic E-state index is 11.1. The third kappa shape index (κ3) is 12.2. The molecule has 0 radical (unpaired) electrons. The van der Waals surface area contributed by atoms with Crippen molar-refractivity contribution in [2.24, 2.45) is 0 Å². The van der Waals surface area contributed by atoms with E-state index in [0.717, 1.165) is 9.99 Å². The minimum atomic E-state index is -6.09. The molecule has 0 aliphatic heterocycles. The van der Waals surface area contributed by atoms with Crippen LogP contribution in [0.2, 0.25) is 0 Å². The molecule has 0 amide bonds. The highest BCUT2D eigenvalue weighted by molar-refractivity contribution is 7.86. The number of carbonyl (C=O) groups is 1. The average Bonchev–Trinajstić information content (AvgIpc) is 2.59. The average molecular weight is 534 g/mol. The molecule has 0 saturated carbocycles. The fourth-order valence-corrected chi connectivity index (χ4v) is 3.68. The Morgan fingerprint density at radius 1 is 1.14 bits per heavy atom. The van der Waals surface area contributed by atoms with Crippen LogP contribution in [0, 0.1) is 13.4 Å². The van der Waals surface area contributed by atoms with E-state index in [0.29, 0.717) is 5.56 Å². The lowest BCUT2D eigenvalue weighted by Gasteiger charge is -2.08. The largest absolute Gasteiger partial charge is 0.741 e. The van der Waals surface area contributed by atoms with Crippen molar-refractivity contribution in [3.63, 3.8) is 0 Å². The summed E-state index contributed by atoms with van der Waals surface area (Å²) in [4.78, 5) is 11.1. The van der Waals surface area contributed by atoms with Gasteiger partial charge in [-0.1, -0.05) is 51.2 Å². The quantitative estimate of drug-likeness (QED) is 0.179. The van der Waals surface area contributed by atoms with Gasteiger partial charge in [0.15, 0.2) is 14.0 Å². The van der Waals surface area contributed by atoms with Crippen LogP contribution in [0.5, 0.6) is 0 Å². The first-order valence-corrected chi connectivity index (χ1v) is 12.0. The molecule has 0 atom stereocenters. The van der Waals surface area contributed by atoms with Gasteiger partial charge in [0.1, 0.15) is 5.56 Å². The minimum Gasteiger partial charge on any atom is -0.741 e. The van der Waals surface area contributed by atoms with Crippen LogP contribution in [0.1, 0.15) is 62.2 Å². The first-order chi connectivity index (χ1) is 13.0. The molecule has 10 heteroatoms. The molecular formula is C18H22F3IO5S. The predicted molar refractivity (Wildman–Crippen MR) is 93.6 cm³/mol. The van der Waals surface area contributed by atoms with Crippen molar-refractivity contribution in [2.75, 3.05) is 0 Å². The standard InChI is InChI=1S/C17H21IO2.CHF3O3S/c1-2-3-4-5-6-7-8-11-14-18-16-13-10-9-12-15(16)17(19)20;2-1(3,4)8(5,6)7/h9-10,12-13H,2-8H2,1H3;(H,5,6,7). The van der Waals surface area contributed by atoms with Crippen molar-refractivity contribution in [1.29, 1.82) is 0 Å².